The summed E-state index contributed by atoms with van der Waals surface area (Å²) in [7, 11) is 0. The number of hydrogen-bond donors (Lipinski definition) is 1. The van der Waals surface area contributed by atoms with Gasteiger partial charge in [0.15, 0.2) is 0 Å². The van der Waals surface area contributed by atoms with Crippen LogP contribution in [0.5, 0.6) is 5.75 Å². The molecule has 25 heavy (non-hydrogen) atoms. The van der Waals surface area contributed by atoms with E-state index in [0.29, 0.717) is 16.7 Å². The molecule has 1 atom stereocenters. The fourth-order valence-electron chi connectivity index (χ4n) is 2.60. The van der Waals surface area contributed by atoms with E-state index in [1.807, 2.05) is 25.1 Å². The Balaban J connectivity index is 1.71. The van der Waals surface area contributed by atoms with Crippen molar-refractivity contribution in [2.75, 3.05) is 6.61 Å². The molecule has 3 rings (SSSR count). The lowest BCUT2D eigenvalue weighted by Crippen LogP contribution is -2.32. The molecule has 0 fully saturated rings. The molecular formula is C19H17N3O3. The quantitative estimate of drug-likeness (QED) is 0.770. The number of aliphatic hydroxyl groups is 1. The highest BCUT2D eigenvalue weighted by atomic mass is 16.5. The van der Waals surface area contributed by atoms with Crippen molar-refractivity contribution in [3.05, 3.63) is 70.1 Å². The van der Waals surface area contributed by atoms with E-state index in [1.54, 1.807) is 36.4 Å². The minimum absolute atomic E-state index is 0.0197. The maximum atomic E-state index is 12.5. The highest BCUT2D eigenvalue weighted by Crippen LogP contribution is 2.13. The summed E-state index contributed by atoms with van der Waals surface area (Å²) in [5.74, 6) is 0.549. The molecule has 2 aromatic carbocycles. The van der Waals surface area contributed by atoms with Gasteiger partial charge in [-0.2, -0.15) is 10.4 Å². The van der Waals surface area contributed by atoms with Crippen molar-refractivity contribution in [1.29, 1.82) is 5.26 Å². The number of benzene rings is 2. The molecule has 0 radical (unpaired) electrons. The number of nitrogens with zero attached hydrogens (tertiary/aromatic N) is 3. The van der Waals surface area contributed by atoms with Crippen molar-refractivity contribution in [3.8, 4) is 11.8 Å². The van der Waals surface area contributed by atoms with Crippen LogP contribution in [0.1, 0.15) is 11.3 Å². The molecule has 0 saturated heterocycles. The van der Waals surface area contributed by atoms with Crippen LogP contribution in [0.25, 0.3) is 10.8 Å². The molecule has 3 aromatic rings. The molecule has 1 aromatic heterocycles. The molecule has 0 spiro atoms. The Bertz CT molecular complexity index is 987. The van der Waals surface area contributed by atoms with Crippen molar-refractivity contribution >= 4 is 10.8 Å². The monoisotopic (exact) mass is 335 g/mol. The number of rotatable bonds is 5. The predicted octanol–water partition coefficient (Wildman–Crippen LogP) is 2.02. The number of aromatic nitrogens is 2. The van der Waals surface area contributed by atoms with E-state index >= 15 is 0 Å². The van der Waals surface area contributed by atoms with Crippen molar-refractivity contribution in [2.24, 2.45) is 0 Å². The molecule has 126 valence electrons. The fraction of sp³-hybridized carbons (Fsp3) is 0.211. The van der Waals surface area contributed by atoms with Gasteiger partial charge in [0.2, 0.25) is 0 Å². The Labute approximate surface area is 144 Å². The van der Waals surface area contributed by atoms with Gasteiger partial charge in [0, 0.05) is 5.39 Å². The van der Waals surface area contributed by atoms with Gasteiger partial charge < -0.3 is 9.84 Å². The second-order valence-electron chi connectivity index (χ2n) is 5.72. The summed E-state index contributed by atoms with van der Waals surface area (Å²) in [6.45, 7) is 1.89. The maximum Gasteiger partial charge on any atom is 0.274 e. The first-order valence-electron chi connectivity index (χ1n) is 7.86. The van der Waals surface area contributed by atoms with E-state index in [-0.39, 0.29) is 18.7 Å². The highest BCUT2D eigenvalue weighted by Gasteiger charge is 2.12. The van der Waals surface area contributed by atoms with Gasteiger partial charge in [0.1, 0.15) is 18.5 Å². The Hall–Kier alpha value is -3.17. The van der Waals surface area contributed by atoms with Gasteiger partial charge in [-0.3, -0.25) is 4.79 Å². The van der Waals surface area contributed by atoms with Crippen LogP contribution >= 0.6 is 0 Å². The maximum absolute atomic E-state index is 12.5. The second kappa shape index (κ2) is 7.16. The normalized spacial score (nSPS) is 11.9. The fourth-order valence-corrected chi connectivity index (χ4v) is 2.60. The SMILES string of the molecule is Cc1nn(CC(O)COc2ccc(C#N)cc2)c(=O)c2ccccc12. The first-order valence-corrected chi connectivity index (χ1v) is 7.86. The van der Waals surface area contributed by atoms with Crippen LogP contribution in [0.4, 0.5) is 0 Å². The molecule has 1 unspecified atom stereocenters. The first kappa shape index (κ1) is 16.7. The number of nitriles is 1. The van der Waals surface area contributed by atoms with E-state index in [9.17, 15) is 9.90 Å². The topological polar surface area (TPSA) is 88.1 Å². The number of fused-ring (bicyclic) bond motifs is 1. The molecule has 0 aliphatic carbocycles. The van der Waals surface area contributed by atoms with E-state index in [1.165, 1.54) is 4.68 Å². The molecule has 0 aliphatic rings. The molecule has 0 saturated carbocycles. The van der Waals surface area contributed by atoms with Crippen molar-refractivity contribution in [1.82, 2.24) is 9.78 Å². The predicted molar refractivity (Wildman–Crippen MR) is 93.4 cm³/mol. The van der Waals surface area contributed by atoms with Gasteiger partial charge in [0.25, 0.3) is 5.56 Å². The Morgan fingerprint density at radius 3 is 2.56 bits per heavy atom. The zero-order chi connectivity index (χ0) is 17.8. The van der Waals surface area contributed by atoms with Crippen molar-refractivity contribution in [3.63, 3.8) is 0 Å². The van der Waals surface area contributed by atoms with Gasteiger partial charge in [-0.25, -0.2) is 4.68 Å². The average Bonchev–Trinajstić information content (AvgIpc) is 2.64. The van der Waals surface area contributed by atoms with Crippen LogP contribution in [-0.2, 0) is 6.54 Å². The van der Waals surface area contributed by atoms with Gasteiger partial charge in [0.05, 0.1) is 29.3 Å². The summed E-state index contributed by atoms with van der Waals surface area (Å²) in [6, 6.07) is 15.9. The van der Waals surface area contributed by atoms with Gasteiger partial charge in [-0.05, 0) is 37.3 Å². The van der Waals surface area contributed by atoms with Crippen LogP contribution in [0.2, 0.25) is 0 Å². The first-order chi connectivity index (χ1) is 12.1. The third kappa shape index (κ3) is 3.67. The zero-order valence-electron chi connectivity index (χ0n) is 13.7. The van der Waals surface area contributed by atoms with E-state index in [4.69, 9.17) is 10.00 Å². The summed E-state index contributed by atoms with van der Waals surface area (Å²) in [6.07, 6.45) is -0.888. The summed E-state index contributed by atoms with van der Waals surface area (Å²) in [5.41, 5.74) is 1.03. The lowest BCUT2D eigenvalue weighted by atomic mass is 10.1. The molecule has 0 amide bonds. The van der Waals surface area contributed by atoms with Crippen LogP contribution in [0.15, 0.2) is 53.3 Å². The zero-order valence-corrected chi connectivity index (χ0v) is 13.7. The molecule has 1 N–H and O–H groups in total. The number of aryl methyl sites for hydroxylation is 1. The second-order valence-corrected chi connectivity index (χ2v) is 5.72. The van der Waals surface area contributed by atoms with E-state index < -0.39 is 6.10 Å². The minimum atomic E-state index is -0.888. The van der Waals surface area contributed by atoms with Crippen molar-refractivity contribution in [2.45, 2.75) is 19.6 Å². The van der Waals surface area contributed by atoms with Crippen LogP contribution in [0, 0.1) is 18.3 Å². The summed E-state index contributed by atoms with van der Waals surface area (Å²) < 4.78 is 6.76. The standard InChI is InChI=1S/C19H17N3O3/c1-13-17-4-2-3-5-18(17)19(24)22(21-13)11-15(23)12-25-16-8-6-14(10-20)7-9-16/h2-9,15,23H,11-12H2,1H3. The van der Waals surface area contributed by atoms with Gasteiger partial charge >= 0.3 is 0 Å². The molecule has 0 bridgehead atoms. The Morgan fingerprint density at radius 2 is 1.88 bits per heavy atom. The number of hydrogen-bond acceptors (Lipinski definition) is 5. The Kier molecular flexibility index (Phi) is 4.78. The largest absolute Gasteiger partial charge is 0.491 e. The van der Waals surface area contributed by atoms with Gasteiger partial charge in [-0.15, -0.1) is 0 Å². The number of ether oxygens (including phenoxy) is 1. The minimum Gasteiger partial charge on any atom is -0.491 e. The molecule has 1 heterocycles. The van der Waals surface area contributed by atoms with Gasteiger partial charge in [-0.1, -0.05) is 18.2 Å². The lowest BCUT2D eigenvalue weighted by molar-refractivity contribution is 0.0880. The van der Waals surface area contributed by atoms with Crippen LogP contribution in [0.3, 0.4) is 0 Å². The molecule has 0 aliphatic heterocycles. The number of aliphatic hydroxyl groups excluding tert-OH is 1. The summed E-state index contributed by atoms with van der Waals surface area (Å²) >= 11 is 0. The van der Waals surface area contributed by atoms with E-state index in [2.05, 4.69) is 5.10 Å². The van der Waals surface area contributed by atoms with E-state index in [0.717, 1.165) is 11.1 Å². The third-order valence-corrected chi connectivity index (χ3v) is 3.86. The summed E-state index contributed by atoms with van der Waals surface area (Å²) in [4.78, 5) is 12.5. The average molecular weight is 335 g/mol. The van der Waals surface area contributed by atoms with Crippen LogP contribution in [-0.4, -0.2) is 27.6 Å². The highest BCUT2D eigenvalue weighted by molar-refractivity contribution is 5.83. The smallest absolute Gasteiger partial charge is 0.274 e. The lowest BCUT2D eigenvalue weighted by Gasteiger charge is -2.14. The summed E-state index contributed by atoms with van der Waals surface area (Å²) in [5, 5.41) is 24.6. The third-order valence-electron chi connectivity index (χ3n) is 3.86. The molecule has 6 nitrogen and oxygen atoms in total. The van der Waals surface area contributed by atoms with Crippen LogP contribution < -0.4 is 10.3 Å². The Morgan fingerprint density at radius 1 is 1.20 bits per heavy atom. The van der Waals surface area contributed by atoms with Crippen molar-refractivity contribution < 1.29 is 9.84 Å². The molecular weight excluding hydrogens is 318 g/mol. The molecule has 6 heteroatoms.